The Morgan fingerprint density at radius 1 is 1.04 bits per heavy atom. The van der Waals surface area contributed by atoms with Crippen LogP contribution in [-0.2, 0) is 27.4 Å². The quantitative estimate of drug-likeness (QED) is 0.598. The van der Waals surface area contributed by atoms with Gasteiger partial charge in [0.05, 0.1) is 7.11 Å². The molecule has 1 atom stereocenters. The maximum atomic E-state index is 12.1. The van der Waals surface area contributed by atoms with Gasteiger partial charge in [-0.1, -0.05) is 48.5 Å². The Bertz CT molecular complexity index is 810. The molecule has 0 aliphatic rings. The van der Waals surface area contributed by atoms with Gasteiger partial charge in [-0.3, -0.25) is 9.59 Å². The first-order chi connectivity index (χ1) is 13.5. The molecule has 148 valence electrons. The number of hydrogen-bond donors (Lipinski definition) is 3. The normalized spacial score (nSPS) is 11.2. The van der Waals surface area contributed by atoms with Crippen LogP contribution in [0.15, 0.2) is 54.6 Å². The highest BCUT2D eigenvalue weighted by Crippen LogP contribution is 2.18. The third kappa shape index (κ3) is 6.64. The van der Waals surface area contributed by atoms with Crippen molar-refractivity contribution in [3.63, 3.8) is 0 Å². The minimum Gasteiger partial charge on any atom is -0.496 e. The van der Waals surface area contributed by atoms with E-state index in [-0.39, 0.29) is 19.6 Å². The molecule has 0 heterocycles. The number of nitrogens with two attached hydrogens (primary N) is 1. The van der Waals surface area contributed by atoms with Crippen LogP contribution < -0.4 is 21.1 Å². The summed E-state index contributed by atoms with van der Waals surface area (Å²) in [4.78, 5) is 35.4. The van der Waals surface area contributed by atoms with Crippen molar-refractivity contribution < 1.29 is 23.9 Å². The lowest BCUT2D eigenvalue weighted by atomic mass is 10.0. The van der Waals surface area contributed by atoms with Crippen molar-refractivity contribution in [2.45, 2.75) is 19.1 Å². The number of hydrogen-bond acceptors (Lipinski definition) is 5. The monoisotopic (exact) mass is 385 g/mol. The highest BCUT2D eigenvalue weighted by Gasteiger charge is 2.20. The van der Waals surface area contributed by atoms with E-state index in [4.69, 9.17) is 15.2 Å². The molecule has 0 saturated carbocycles. The summed E-state index contributed by atoms with van der Waals surface area (Å²) in [6, 6.07) is 15.3. The van der Waals surface area contributed by atoms with E-state index in [1.807, 2.05) is 30.3 Å². The fourth-order valence-electron chi connectivity index (χ4n) is 2.49. The van der Waals surface area contributed by atoms with E-state index in [9.17, 15) is 14.4 Å². The molecule has 0 spiro atoms. The van der Waals surface area contributed by atoms with E-state index < -0.39 is 23.9 Å². The van der Waals surface area contributed by atoms with Gasteiger partial charge in [0, 0.05) is 6.42 Å². The van der Waals surface area contributed by atoms with Gasteiger partial charge in [0.25, 0.3) is 0 Å². The predicted octanol–water partition coefficient (Wildman–Crippen LogP) is 1.13. The van der Waals surface area contributed by atoms with Crippen molar-refractivity contribution in [2.75, 3.05) is 13.7 Å². The lowest BCUT2D eigenvalue weighted by molar-refractivity contribution is -0.126. The van der Waals surface area contributed by atoms with Crippen LogP contribution in [0.1, 0.15) is 11.1 Å². The summed E-state index contributed by atoms with van der Waals surface area (Å²) in [6.07, 6.45) is -0.567. The number of nitrogens with one attached hydrogen (secondary N) is 2. The molecule has 2 aromatic carbocycles. The summed E-state index contributed by atoms with van der Waals surface area (Å²) in [6.45, 7) is -0.255. The molecule has 28 heavy (non-hydrogen) atoms. The van der Waals surface area contributed by atoms with Crippen LogP contribution in [0.5, 0.6) is 5.75 Å². The van der Waals surface area contributed by atoms with Crippen molar-refractivity contribution in [3.8, 4) is 5.75 Å². The molecule has 0 aliphatic carbocycles. The highest BCUT2D eigenvalue weighted by atomic mass is 16.5. The van der Waals surface area contributed by atoms with E-state index in [1.165, 1.54) is 7.11 Å². The van der Waals surface area contributed by atoms with Gasteiger partial charge in [0.2, 0.25) is 11.8 Å². The molecular formula is C20H23N3O5. The van der Waals surface area contributed by atoms with Gasteiger partial charge < -0.3 is 25.8 Å². The topological polar surface area (TPSA) is 120 Å². The maximum Gasteiger partial charge on any atom is 0.407 e. The first kappa shape index (κ1) is 20.8. The zero-order valence-corrected chi connectivity index (χ0v) is 15.5. The Morgan fingerprint density at radius 2 is 1.71 bits per heavy atom. The van der Waals surface area contributed by atoms with E-state index >= 15 is 0 Å². The molecule has 3 amide bonds. The van der Waals surface area contributed by atoms with Gasteiger partial charge in [-0.05, 0) is 17.2 Å². The summed E-state index contributed by atoms with van der Waals surface area (Å²) in [5.74, 6) is -0.660. The number of rotatable bonds is 9. The minimum atomic E-state index is -0.939. The summed E-state index contributed by atoms with van der Waals surface area (Å²) < 4.78 is 10.3. The molecule has 0 saturated heterocycles. The zero-order valence-electron chi connectivity index (χ0n) is 15.5. The molecule has 0 fully saturated rings. The van der Waals surface area contributed by atoms with Gasteiger partial charge in [0.15, 0.2) is 0 Å². The Labute approximate surface area is 163 Å². The van der Waals surface area contributed by atoms with E-state index in [1.54, 1.807) is 24.3 Å². The molecule has 0 aromatic heterocycles. The molecule has 2 aromatic rings. The number of primary amides is 1. The third-order valence-corrected chi connectivity index (χ3v) is 3.90. The summed E-state index contributed by atoms with van der Waals surface area (Å²) >= 11 is 0. The number of ether oxygens (including phenoxy) is 2. The Balaban J connectivity index is 1.81. The molecular weight excluding hydrogens is 362 g/mol. The largest absolute Gasteiger partial charge is 0.496 e. The molecule has 0 radical (unpaired) electrons. The molecule has 4 N–H and O–H groups in total. The summed E-state index contributed by atoms with van der Waals surface area (Å²) in [7, 11) is 1.52. The smallest absolute Gasteiger partial charge is 0.407 e. The number of carbonyl (C=O) groups is 3. The fourth-order valence-corrected chi connectivity index (χ4v) is 2.49. The number of alkyl carbamates (subject to hydrolysis) is 1. The summed E-state index contributed by atoms with van der Waals surface area (Å²) in [5, 5.41) is 4.84. The maximum absolute atomic E-state index is 12.1. The number of methoxy groups -OCH3 is 1. The lowest BCUT2D eigenvalue weighted by Crippen LogP contribution is -2.49. The van der Waals surface area contributed by atoms with Crippen molar-refractivity contribution in [2.24, 2.45) is 5.73 Å². The van der Waals surface area contributed by atoms with E-state index in [2.05, 4.69) is 10.6 Å². The first-order valence-electron chi connectivity index (χ1n) is 8.64. The van der Waals surface area contributed by atoms with Crippen LogP contribution in [0.25, 0.3) is 0 Å². The average molecular weight is 385 g/mol. The Morgan fingerprint density at radius 3 is 2.39 bits per heavy atom. The van der Waals surface area contributed by atoms with E-state index in [0.717, 1.165) is 11.1 Å². The van der Waals surface area contributed by atoms with Crippen molar-refractivity contribution in [1.82, 2.24) is 10.6 Å². The molecule has 8 heteroatoms. The molecule has 2 rings (SSSR count). The van der Waals surface area contributed by atoms with Crippen LogP contribution in [-0.4, -0.2) is 37.6 Å². The minimum absolute atomic E-state index is 0.0893. The highest BCUT2D eigenvalue weighted by molar-refractivity contribution is 5.88. The lowest BCUT2D eigenvalue weighted by Gasteiger charge is -2.17. The standard InChI is InChI=1S/C20H23N3O5/c1-27-17-10-6-5-9-15(17)11-16(19(21)25)23-18(24)12-22-20(26)28-13-14-7-3-2-4-8-14/h2-10,16H,11-13H2,1H3,(H2,21,25)(H,22,26)(H,23,24)/t16-/m1/s1. The average Bonchev–Trinajstić information content (AvgIpc) is 2.71. The molecule has 0 aliphatic heterocycles. The van der Waals surface area contributed by atoms with Crippen LogP contribution in [0.4, 0.5) is 4.79 Å². The number of amides is 3. The zero-order chi connectivity index (χ0) is 20.4. The summed E-state index contributed by atoms with van der Waals surface area (Å²) in [5.41, 5.74) is 6.94. The molecule has 8 nitrogen and oxygen atoms in total. The second kappa shape index (κ2) is 10.6. The van der Waals surface area contributed by atoms with E-state index in [0.29, 0.717) is 5.75 Å². The Kier molecular flexibility index (Phi) is 7.83. The number of benzene rings is 2. The predicted molar refractivity (Wildman–Crippen MR) is 102 cm³/mol. The van der Waals surface area contributed by atoms with Crippen LogP contribution in [0.3, 0.4) is 0 Å². The third-order valence-electron chi connectivity index (χ3n) is 3.90. The van der Waals surface area contributed by atoms with Gasteiger partial charge in [0.1, 0.15) is 24.9 Å². The van der Waals surface area contributed by atoms with Crippen molar-refractivity contribution >= 4 is 17.9 Å². The van der Waals surface area contributed by atoms with Gasteiger partial charge in [-0.2, -0.15) is 0 Å². The Hall–Kier alpha value is -3.55. The fraction of sp³-hybridized carbons (Fsp3) is 0.250. The second-order valence-corrected chi connectivity index (χ2v) is 5.95. The second-order valence-electron chi connectivity index (χ2n) is 5.95. The molecule has 0 bridgehead atoms. The van der Waals surface area contributed by atoms with Crippen LogP contribution in [0, 0.1) is 0 Å². The van der Waals surface area contributed by atoms with Gasteiger partial charge >= 0.3 is 6.09 Å². The van der Waals surface area contributed by atoms with Crippen molar-refractivity contribution in [3.05, 3.63) is 65.7 Å². The van der Waals surface area contributed by atoms with Gasteiger partial charge in [-0.15, -0.1) is 0 Å². The van der Waals surface area contributed by atoms with Gasteiger partial charge in [-0.25, -0.2) is 4.79 Å². The molecule has 0 unspecified atom stereocenters. The van der Waals surface area contributed by atoms with Crippen LogP contribution in [0.2, 0.25) is 0 Å². The number of carbonyl (C=O) groups excluding carboxylic acids is 3. The number of para-hydroxylation sites is 1. The van der Waals surface area contributed by atoms with Crippen LogP contribution >= 0.6 is 0 Å². The van der Waals surface area contributed by atoms with Crippen molar-refractivity contribution in [1.29, 1.82) is 0 Å². The first-order valence-corrected chi connectivity index (χ1v) is 8.64. The SMILES string of the molecule is COc1ccccc1C[C@@H](NC(=O)CNC(=O)OCc1ccccc1)C(N)=O.